The molecule has 24 heavy (non-hydrogen) atoms. The second-order valence-electron chi connectivity index (χ2n) is 5.97. The highest BCUT2D eigenvalue weighted by Crippen LogP contribution is 2.25. The van der Waals surface area contributed by atoms with Gasteiger partial charge in [-0.1, -0.05) is 24.3 Å². The maximum absolute atomic E-state index is 12.7. The molecular formula is C19H23NO4. The number of morpholine rings is 1. The molecule has 2 aromatic rings. The molecule has 1 atom stereocenters. The van der Waals surface area contributed by atoms with Crippen molar-refractivity contribution in [3.05, 3.63) is 42.0 Å². The molecule has 3 rings (SSSR count). The summed E-state index contributed by atoms with van der Waals surface area (Å²) in [5, 5.41) is 2.17. The van der Waals surface area contributed by atoms with Crippen LogP contribution < -0.4 is 4.74 Å². The van der Waals surface area contributed by atoms with Crippen molar-refractivity contribution in [2.45, 2.75) is 12.5 Å². The van der Waals surface area contributed by atoms with Crippen molar-refractivity contribution >= 4 is 16.7 Å². The number of hydrogen-bond acceptors (Lipinski definition) is 4. The zero-order valence-electron chi connectivity index (χ0n) is 14.2. The van der Waals surface area contributed by atoms with Gasteiger partial charge in [0.1, 0.15) is 5.75 Å². The number of fused-ring (bicyclic) bond motifs is 1. The van der Waals surface area contributed by atoms with Gasteiger partial charge in [-0.2, -0.15) is 0 Å². The topological polar surface area (TPSA) is 48.0 Å². The largest absolute Gasteiger partial charge is 0.497 e. The van der Waals surface area contributed by atoms with Crippen LogP contribution in [0, 0.1) is 0 Å². The van der Waals surface area contributed by atoms with E-state index in [9.17, 15) is 4.79 Å². The van der Waals surface area contributed by atoms with Crippen LogP contribution in [-0.2, 0) is 20.7 Å². The standard InChI is InChI=1S/C19H23NO4/c1-22-13-17-12-20(8-9-24-17)19(21)10-15-5-3-4-14-6-7-16(23-2)11-18(14)15/h3-7,11,17H,8-10,12-13H2,1-2H3. The van der Waals surface area contributed by atoms with Crippen molar-refractivity contribution in [1.82, 2.24) is 4.90 Å². The maximum atomic E-state index is 12.7. The number of methoxy groups -OCH3 is 2. The van der Waals surface area contributed by atoms with Crippen LogP contribution in [0.25, 0.3) is 10.8 Å². The van der Waals surface area contributed by atoms with Gasteiger partial charge in [0.2, 0.25) is 5.91 Å². The Morgan fingerprint density at radius 3 is 2.96 bits per heavy atom. The van der Waals surface area contributed by atoms with Gasteiger partial charge in [-0.3, -0.25) is 4.79 Å². The Morgan fingerprint density at radius 2 is 2.17 bits per heavy atom. The summed E-state index contributed by atoms with van der Waals surface area (Å²) in [4.78, 5) is 14.6. The minimum Gasteiger partial charge on any atom is -0.497 e. The predicted molar refractivity (Wildman–Crippen MR) is 92.4 cm³/mol. The van der Waals surface area contributed by atoms with E-state index in [0.717, 1.165) is 22.1 Å². The van der Waals surface area contributed by atoms with Crippen molar-refractivity contribution in [1.29, 1.82) is 0 Å². The lowest BCUT2D eigenvalue weighted by Gasteiger charge is -2.32. The van der Waals surface area contributed by atoms with Gasteiger partial charge in [0, 0.05) is 20.2 Å². The number of carbonyl (C=O) groups excluding carboxylic acids is 1. The molecule has 5 nitrogen and oxygen atoms in total. The average Bonchev–Trinajstić information content (AvgIpc) is 2.62. The van der Waals surface area contributed by atoms with E-state index in [2.05, 4.69) is 0 Å². The summed E-state index contributed by atoms with van der Waals surface area (Å²) < 4.78 is 16.1. The van der Waals surface area contributed by atoms with Gasteiger partial charge in [0.15, 0.2) is 0 Å². The third-order valence-corrected chi connectivity index (χ3v) is 4.37. The third kappa shape index (κ3) is 3.68. The lowest BCUT2D eigenvalue weighted by Crippen LogP contribution is -2.47. The smallest absolute Gasteiger partial charge is 0.227 e. The van der Waals surface area contributed by atoms with Gasteiger partial charge < -0.3 is 19.1 Å². The molecule has 1 amide bonds. The monoisotopic (exact) mass is 329 g/mol. The minimum absolute atomic E-state index is 0.0414. The first-order chi connectivity index (χ1) is 11.7. The van der Waals surface area contributed by atoms with E-state index in [-0.39, 0.29) is 12.0 Å². The zero-order chi connectivity index (χ0) is 16.9. The third-order valence-electron chi connectivity index (χ3n) is 4.37. The SMILES string of the molecule is COCC1CN(C(=O)Cc2cccc3ccc(OC)cc23)CCO1. The van der Waals surface area contributed by atoms with Crippen molar-refractivity contribution < 1.29 is 19.0 Å². The van der Waals surface area contributed by atoms with Crippen LogP contribution >= 0.6 is 0 Å². The first-order valence-corrected chi connectivity index (χ1v) is 8.15. The lowest BCUT2D eigenvalue weighted by atomic mass is 10.0. The van der Waals surface area contributed by atoms with E-state index in [1.165, 1.54) is 0 Å². The molecule has 0 saturated carbocycles. The first kappa shape index (κ1) is 16.7. The molecule has 0 spiro atoms. The van der Waals surface area contributed by atoms with E-state index in [1.807, 2.05) is 41.3 Å². The molecule has 2 aromatic carbocycles. The van der Waals surface area contributed by atoms with Crippen molar-refractivity contribution in [3.8, 4) is 5.75 Å². The van der Waals surface area contributed by atoms with E-state index >= 15 is 0 Å². The van der Waals surface area contributed by atoms with E-state index in [0.29, 0.717) is 32.7 Å². The first-order valence-electron chi connectivity index (χ1n) is 8.15. The number of ether oxygens (including phenoxy) is 3. The number of rotatable bonds is 5. The highest BCUT2D eigenvalue weighted by molar-refractivity contribution is 5.91. The Balaban J connectivity index is 1.77. The molecule has 128 valence electrons. The predicted octanol–water partition coefficient (Wildman–Crippen LogP) is 2.26. The highest BCUT2D eigenvalue weighted by atomic mass is 16.5. The second kappa shape index (κ2) is 7.64. The van der Waals surface area contributed by atoms with Crippen molar-refractivity contribution in [2.24, 2.45) is 0 Å². The summed E-state index contributed by atoms with van der Waals surface area (Å²) in [5.74, 6) is 0.920. The summed E-state index contributed by atoms with van der Waals surface area (Å²) in [5.41, 5.74) is 1.02. The Hall–Kier alpha value is -2.11. The van der Waals surface area contributed by atoms with Crippen LogP contribution in [0.2, 0.25) is 0 Å². The molecule has 1 heterocycles. The fourth-order valence-corrected chi connectivity index (χ4v) is 3.10. The molecular weight excluding hydrogens is 306 g/mol. The van der Waals surface area contributed by atoms with Gasteiger partial charge in [-0.25, -0.2) is 0 Å². The Bertz CT molecular complexity index is 714. The van der Waals surface area contributed by atoms with E-state index in [4.69, 9.17) is 14.2 Å². The Kier molecular flexibility index (Phi) is 5.33. The molecule has 0 aromatic heterocycles. The maximum Gasteiger partial charge on any atom is 0.227 e. The number of nitrogens with zero attached hydrogens (tertiary/aromatic N) is 1. The molecule has 1 unspecified atom stereocenters. The number of amides is 1. The van der Waals surface area contributed by atoms with Crippen molar-refractivity contribution in [3.63, 3.8) is 0 Å². The number of carbonyl (C=O) groups is 1. The van der Waals surface area contributed by atoms with Crippen LogP contribution in [0.3, 0.4) is 0 Å². The van der Waals surface area contributed by atoms with Crippen LogP contribution in [-0.4, -0.2) is 57.4 Å². The van der Waals surface area contributed by atoms with Crippen LogP contribution in [0.1, 0.15) is 5.56 Å². The van der Waals surface area contributed by atoms with Gasteiger partial charge in [0.05, 0.1) is 32.8 Å². The normalized spacial score (nSPS) is 17.9. The minimum atomic E-state index is -0.0414. The lowest BCUT2D eigenvalue weighted by molar-refractivity contribution is -0.140. The molecule has 0 aliphatic carbocycles. The quantitative estimate of drug-likeness (QED) is 0.844. The summed E-state index contributed by atoms with van der Waals surface area (Å²) in [6, 6.07) is 12.0. The van der Waals surface area contributed by atoms with E-state index < -0.39 is 0 Å². The molecule has 5 heteroatoms. The Morgan fingerprint density at radius 1 is 1.29 bits per heavy atom. The number of benzene rings is 2. The summed E-state index contributed by atoms with van der Waals surface area (Å²) in [6.07, 6.45) is 0.338. The van der Waals surface area contributed by atoms with Crippen molar-refractivity contribution in [2.75, 3.05) is 40.5 Å². The van der Waals surface area contributed by atoms with Crippen LogP contribution in [0.4, 0.5) is 0 Å². The zero-order valence-corrected chi connectivity index (χ0v) is 14.2. The molecule has 0 bridgehead atoms. The number of hydrogen-bond donors (Lipinski definition) is 0. The summed E-state index contributed by atoms with van der Waals surface area (Å²) in [7, 11) is 3.30. The van der Waals surface area contributed by atoms with Crippen LogP contribution in [0.5, 0.6) is 5.75 Å². The van der Waals surface area contributed by atoms with Gasteiger partial charge in [0.25, 0.3) is 0 Å². The highest BCUT2D eigenvalue weighted by Gasteiger charge is 2.24. The van der Waals surface area contributed by atoms with Gasteiger partial charge in [-0.15, -0.1) is 0 Å². The van der Waals surface area contributed by atoms with Crippen LogP contribution in [0.15, 0.2) is 36.4 Å². The summed E-state index contributed by atoms with van der Waals surface area (Å²) >= 11 is 0. The fraction of sp³-hybridized carbons (Fsp3) is 0.421. The summed E-state index contributed by atoms with van der Waals surface area (Å²) in [6.45, 7) is 2.28. The Labute approximate surface area is 142 Å². The van der Waals surface area contributed by atoms with Gasteiger partial charge >= 0.3 is 0 Å². The molecule has 1 aliphatic heterocycles. The molecule has 1 aliphatic rings. The molecule has 0 radical (unpaired) electrons. The van der Waals surface area contributed by atoms with E-state index in [1.54, 1.807) is 14.2 Å². The molecule has 1 saturated heterocycles. The fourth-order valence-electron chi connectivity index (χ4n) is 3.10. The second-order valence-corrected chi connectivity index (χ2v) is 5.97. The molecule has 1 fully saturated rings. The average molecular weight is 329 g/mol. The van der Waals surface area contributed by atoms with Gasteiger partial charge in [-0.05, 0) is 28.5 Å². The molecule has 0 N–H and O–H groups in total.